The molecule has 1 N–H and O–H groups in total. The van der Waals surface area contributed by atoms with E-state index in [1.807, 2.05) is 13.8 Å². The summed E-state index contributed by atoms with van der Waals surface area (Å²) in [4.78, 5) is 24.3. The maximum atomic E-state index is 12.1. The molecule has 0 aromatic carbocycles. The Morgan fingerprint density at radius 2 is 2.05 bits per heavy atom. The van der Waals surface area contributed by atoms with E-state index >= 15 is 0 Å². The summed E-state index contributed by atoms with van der Waals surface area (Å²) < 4.78 is 5.10. The van der Waals surface area contributed by atoms with E-state index in [1.54, 1.807) is 13.0 Å². The Morgan fingerprint density at radius 1 is 1.32 bits per heavy atom. The van der Waals surface area contributed by atoms with Gasteiger partial charge in [0.15, 0.2) is 0 Å². The molecule has 0 bridgehead atoms. The molecule has 1 amide bonds. The molecule has 0 atom stereocenters. The Kier molecular flexibility index (Phi) is 4.87. The summed E-state index contributed by atoms with van der Waals surface area (Å²) in [5, 5.41) is 11.7. The molecule has 7 heteroatoms. The van der Waals surface area contributed by atoms with Crippen molar-refractivity contribution in [2.45, 2.75) is 27.7 Å². The van der Waals surface area contributed by atoms with Gasteiger partial charge >= 0.3 is 5.97 Å². The van der Waals surface area contributed by atoms with Crippen LogP contribution in [-0.4, -0.2) is 28.7 Å². The monoisotopic (exact) mass is 319 g/mol. The summed E-state index contributed by atoms with van der Waals surface area (Å²) in [6.45, 7) is 7.27. The van der Waals surface area contributed by atoms with Gasteiger partial charge in [-0.05, 0) is 32.4 Å². The SMILES string of the molecule is CCOC(=O)c1sc2nnc(C)c(C)c2c1/C=C/NC(C)=O. The van der Waals surface area contributed by atoms with Gasteiger partial charge in [-0.3, -0.25) is 4.79 Å². The van der Waals surface area contributed by atoms with Gasteiger partial charge in [0, 0.05) is 24.1 Å². The van der Waals surface area contributed by atoms with Crippen molar-refractivity contribution in [1.82, 2.24) is 15.5 Å². The zero-order chi connectivity index (χ0) is 16.3. The maximum absolute atomic E-state index is 12.1. The van der Waals surface area contributed by atoms with E-state index in [0.717, 1.165) is 16.6 Å². The quantitative estimate of drug-likeness (QED) is 0.876. The van der Waals surface area contributed by atoms with E-state index < -0.39 is 5.97 Å². The van der Waals surface area contributed by atoms with Crippen LogP contribution in [0.3, 0.4) is 0 Å². The minimum Gasteiger partial charge on any atom is -0.462 e. The maximum Gasteiger partial charge on any atom is 0.349 e. The molecule has 0 radical (unpaired) electrons. The Morgan fingerprint density at radius 3 is 2.68 bits per heavy atom. The van der Waals surface area contributed by atoms with Crippen LogP contribution in [0.5, 0.6) is 0 Å². The van der Waals surface area contributed by atoms with E-state index in [0.29, 0.717) is 21.9 Å². The number of aryl methyl sites for hydroxylation is 2. The normalized spacial score (nSPS) is 11.1. The Labute approximate surface area is 132 Å². The molecule has 22 heavy (non-hydrogen) atoms. The van der Waals surface area contributed by atoms with Gasteiger partial charge in [0.25, 0.3) is 0 Å². The van der Waals surface area contributed by atoms with Crippen molar-refractivity contribution >= 4 is 39.5 Å². The number of aromatic nitrogens is 2. The second-order valence-electron chi connectivity index (χ2n) is 4.69. The van der Waals surface area contributed by atoms with Crippen LogP contribution in [0.1, 0.15) is 40.3 Å². The van der Waals surface area contributed by atoms with Crippen molar-refractivity contribution in [3.8, 4) is 0 Å². The van der Waals surface area contributed by atoms with Crippen LogP contribution in [0.25, 0.3) is 16.3 Å². The number of amides is 1. The van der Waals surface area contributed by atoms with E-state index in [-0.39, 0.29) is 5.91 Å². The van der Waals surface area contributed by atoms with Gasteiger partial charge in [-0.25, -0.2) is 4.79 Å². The molecule has 2 rings (SSSR count). The van der Waals surface area contributed by atoms with Gasteiger partial charge in [0.1, 0.15) is 9.71 Å². The van der Waals surface area contributed by atoms with Gasteiger partial charge in [-0.1, -0.05) is 0 Å². The largest absolute Gasteiger partial charge is 0.462 e. The van der Waals surface area contributed by atoms with E-state index in [4.69, 9.17) is 4.74 Å². The van der Waals surface area contributed by atoms with Crippen LogP contribution in [0.4, 0.5) is 0 Å². The molecule has 0 aliphatic rings. The van der Waals surface area contributed by atoms with Crippen molar-refractivity contribution in [2.75, 3.05) is 6.61 Å². The van der Waals surface area contributed by atoms with Crippen molar-refractivity contribution in [1.29, 1.82) is 0 Å². The van der Waals surface area contributed by atoms with Crippen molar-refractivity contribution in [3.63, 3.8) is 0 Å². The summed E-state index contributed by atoms with van der Waals surface area (Å²) >= 11 is 1.24. The number of carbonyl (C=O) groups excluding carboxylic acids is 2. The highest BCUT2D eigenvalue weighted by Crippen LogP contribution is 2.34. The van der Waals surface area contributed by atoms with Crippen LogP contribution in [0.2, 0.25) is 0 Å². The first-order chi connectivity index (χ1) is 10.5. The smallest absolute Gasteiger partial charge is 0.349 e. The molecule has 0 saturated heterocycles. The average molecular weight is 319 g/mol. The van der Waals surface area contributed by atoms with Crippen molar-refractivity contribution in [3.05, 3.63) is 27.9 Å². The molecule has 116 valence electrons. The van der Waals surface area contributed by atoms with E-state index in [9.17, 15) is 9.59 Å². The van der Waals surface area contributed by atoms with Gasteiger partial charge in [0.2, 0.25) is 5.91 Å². The molecule has 6 nitrogen and oxygen atoms in total. The van der Waals surface area contributed by atoms with Gasteiger partial charge in [-0.2, -0.15) is 5.10 Å². The zero-order valence-corrected chi connectivity index (χ0v) is 13.7. The molecule has 2 aromatic rings. The van der Waals surface area contributed by atoms with Crippen LogP contribution in [0.15, 0.2) is 6.20 Å². The van der Waals surface area contributed by atoms with Crippen LogP contribution in [0, 0.1) is 13.8 Å². The number of esters is 1. The topological polar surface area (TPSA) is 81.2 Å². The fraction of sp³-hybridized carbons (Fsp3) is 0.333. The predicted molar refractivity (Wildman–Crippen MR) is 85.7 cm³/mol. The summed E-state index contributed by atoms with van der Waals surface area (Å²) in [5.74, 6) is -0.578. The molecular formula is C15H17N3O3S. The molecule has 0 spiro atoms. The lowest BCUT2D eigenvalue weighted by Gasteiger charge is -2.03. The fourth-order valence-corrected chi connectivity index (χ4v) is 3.05. The number of ether oxygens (including phenoxy) is 1. The highest BCUT2D eigenvalue weighted by atomic mass is 32.1. The second kappa shape index (κ2) is 6.65. The van der Waals surface area contributed by atoms with Gasteiger partial charge < -0.3 is 10.1 Å². The molecule has 0 saturated carbocycles. The van der Waals surface area contributed by atoms with Crippen LogP contribution < -0.4 is 5.32 Å². The lowest BCUT2D eigenvalue weighted by Crippen LogP contribution is -2.11. The minimum atomic E-state index is -0.398. The average Bonchev–Trinajstić information content (AvgIpc) is 2.82. The summed E-state index contributed by atoms with van der Waals surface area (Å²) in [7, 11) is 0. The fourth-order valence-electron chi connectivity index (χ4n) is 1.99. The number of nitrogens with one attached hydrogen (secondary N) is 1. The predicted octanol–water partition coefficient (Wildman–Crippen LogP) is 2.59. The molecule has 0 aliphatic heterocycles. The number of fused-ring (bicyclic) bond motifs is 1. The Balaban J connectivity index is 2.62. The molecule has 2 heterocycles. The third kappa shape index (κ3) is 3.14. The Bertz CT molecular complexity index is 765. The first-order valence-electron chi connectivity index (χ1n) is 6.82. The highest BCUT2D eigenvalue weighted by molar-refractivity contribution is 7.20. The van der Waals surface area contributed by atoms with Gasteiger partial charge in [0.05, 0.1) is 12.3 Å². The number of hydrogen-bond acceptors (Lipinski definition) is 6. The minimum absolute atomic E-state index is 0.179. The molecule has 0 unspecified atom stereocenters. The molecule has 2 aromatic heterocycles. The lowest BCUT2D eigenvalue weighted by atomic mass is 10.1. The van der Waals surface area contributed by atoms with E-state index in [1.165, 1.54) is 24.5 Å². The van der Waals surface area contributed by atoms with Crippen LogP contribution >= 0.6 is 11.3 Å². The zero-order valence-electron chi connectivity index (χ0n) is 12.9. The first kappa shape index (κ1) is 16.1. The van der Waals surface area contributed by atoms with Crippen molar-refractivity contribution < 1.29 is 14.3 Å². The summed E-state index contributed by atoms with van der Waals surface area (Å²) in [6, 6.07) is 0. The van der Waals surface area contributed by atoms with Crippen molar-refractivity contribution in [2.24, 2.45) is 0 Å². The molecule has 0 aliphatic carbocycles. The molecule has 0 fully saturated rings. The third-order valence-electron chi connectivity index (χ3n) is 3.13. The summed E-state index contributed by atoms with van der Waals surface area (Å²) in [6.07, 6.45) is 3.21. The van der Waals surface area contributed by atoms with Gasteiger partial charge in [-0.15, -0.1) is 16.4 Å². The summed E-state index contributed by atoms with van der Waals surface area (Å²) in [5.41, 5.74) is 2.46. The number of hydrogen-bond donors (Lipinski definition) is 1. The second-order valence-corrected chi connectivity index (χ2v) is 5.69. The molecular weight excluding hydrogens is 302 g/mol. The highest BCUT2D eigenvalue weighted by Gasteiger charge is 2.21. The number of rotatable bonds is 4. The Hall–Kier alpha value is -2.28. The lowest BCUT2D eigenvalue weighted by molar-refractivity contribution is -0.118. The number of nitrogens with zero attached hydrogens (tertiary/aromatic N) is 2. The third-order valence-corrected chi connectivity index (χ3v) is 4.20. The van der Waals surface area contributed by atoms with Crippen LogP contribution in [-0.2, 0) is 9.53 Å². The standard InChI is InChI=1S/C15H17N3O3S/c1-5-21-15(20)13-11(6-7-16-10(4)19)12-8(2)9(3)17-18-14(12)22-13/h6-7H,5H2,1-4H3,(H,16,19)/b7-6+. The first-order valence-corrected chi connectivity index (χ1v) is 7.64. The van der Waals surface area contributed by atoms with E-state index in [2.05, 4.69) is 15.5 Å². The number of thiophene rings is 1. The number of carbonyl (C=O) groups is 2.